The molecule has 0 aromatic heterocycles. The number of carbonyl (C=O) groups is 1. The van der Waals surface area contributed by atoms with Crippen LogP contribution in [0.5, 0.6) is 0 Å². The molecule has 0 unspecified atom stereocenters. The molecule has 0 atom stereocenters. The lowest BCUT2D eigenvalue weighted by atomic mass is 9.83. The molecule has 6 nitrogen and oxygen atoms in total. The standard InChI is InChI=1S/C11H22N2O4S/c1-2-17-10(14)8-18(15,16)13-9-11(12)6-4-3-5-7-11/h13H,2-9,12H2,1H3. The van der Waals surface area contributed by atoms with E-state index < -0.39 is 27.3 Å². The fourth-order valence-corrected chi connectivity index (χ4v) is 3.10. The molecule has 0 saturated heterocycles. The number of nitrogens with one attached hydrogen (secondary N) is 1. The predicted octanol–water partition coefficient (Wildman–Crippen LogP) is 0.131. The Morgan fingerprint density at radius 1 is 1.33 bits per heavy atom. The lowest BCUT2D eigenvalue weighted by Gasteiger charge is -2.33. The molecule has 1 saturated carbocycles. The van der Waals surface area contributed by atoms with Crippen molar-refractivity contribution in [3.05, 3.63) is 0 Å². The Kier molecular flexibility index (Phi) is 5.55. The van der Waals surface area contributed by atoms with Gasteiger partial charge in [-0.3, -0.25) is 4.79 Å². The van der Waals surface area contributed by atoms with Crippen molar-refractivity contribution in [2.75, 3.05) is 18.9 Å². The summed E-state index contributed by atoms with van der Waals surface area (Å²) >= 11 is 0. The number of sulfonamides is 1. The number of hydrogen-bond acceptors (Lipinski definition) is 5. The third-order valence-corrected chi connectivity index (χ3v) is 4.31. The maximum atomic E-state index is 11.6. The van der Waals surface area contributed by atoms with Crippen LogP contribution in [0.4, 0.5) is 0 Å². The lowest BCUT2D eigenvalue weighted by molar-refractivity contribution is -0.139. The van der Waals surface area contributed by atoms with E-state index in [-0.39, 0.29) is 13.2 Å². The molecule has 0 spiro atoms. The molecule has 0 heterocycles. The molecule has 1 rings (SSSR count). The molecule has 18 heavy (non-hydrogen) atoms. The van der Waals surface area contributed by atoms with Gasteiger partial charge in [0.05, 0.1) is 6.61 Å². The quantitative estimate of drug-likeness (QED) is 0.673. The van der Waals surface area contributed by atoms with E-state index >= 15 is 0 Å². The van der Waals surface area contributed by atoms with E-state index in [1.165, 1.54) is 0 Å². The summed E-state index contributed by atoms with van der Waals surface area (Å²) in [5, 5.41) is 0. The average Bonchev–Trinajstić information content (AvgIpc) is 2.27. The molecular formula is C11H22N2O4S. The number of carbonyl (C=O) groups excluding carboxylic acids is 1. The smallest absolute Gasteiger partial charge is 0.322 e. The third-order valence-electron chi connectivity index (χ3n) is 3.11. The molecule has 7 heteroatoms. The highest BCUT2D eigenvalue weighted by atomic mass is 32.2. The van der Waals surface area contributed by atoms with E-state index in [4.69, 9.17) is 5.73 Å². The van der Waals surface area contributed by atoms with Crippen molar-refractivity contribution >= 4 is 16.0 Å². The molecule has 0 aliphatic heterocycles. The molecule has 0 aromatic carbocycles. The maximum Gasteiger partial charge on any atom is 0.322 e. The van der Waals surface area contributed by atoms with Crippen LogP contribution in [0.2, 0.25) is 0 Å². The van der Waals surface area contributed by atoms with E-state index in [9.17, 15) is 13.2 Å². The highest BCUT2D eigenvalue weighted by molar-refractivity contribution is 7.90. The van der Waals surface area contributed by atoms with Crippen LogP contribution in [0, 0.1) is 0 Å². The van der Waals surface area contributed by atoms with Crippen LogP contribution in [-0.4, -0.2) is 38.8 Å². The van der Waals surface area contributed by atoms with Gasteiger partial charge in [0.25, 0.3) is 0 Å². The van der Waals surface area contributed by atoms with Gasteiger partial charge < -0.3 is 10.5 Å². The van der Waals surface area contributed by atoms with Crippen LogP contribution in [0.25, 0.3) is 0 Å². The third kappa shape index (κ3) is 5.32. The summed E-state index contributed by atoms with van der Waals surface area (Å²) in [5.41, 5.74) is 5.64. The molecule has 1 aliphatic carbocycles. The van der Waals surface area contributed by atoms with Gasteiger partial charge in [-0.25, -0.2) is 13.1 Å². The number of ether oxygens (including phenoxy) is 1. The van der Waals surface area contributed by atoms with Gasteiger partial charge in [-0.1, -0.05) is 19.3 Å². The Bertz CT molecular complexity index is 375. The van der Waals surface area contributed by atoms with E-state index in [0.717, 1.165) is 32.1 Å². The predicted molar refractivity (Wildman–Crippen MR) is 68.4 cm³/mol. The Morgan fingerprint density at radius 2 is 1.94 bits per heavy atom. The van der Waals surface area contributed by atoms with Crippen molar-refractivity contribution in [1.82, 2.24) is 4.72 Å². The fraction of sp³-hybridized carbons (Fsp3) is 0.909. The van der Waals surface area contributed by atoms with E-state index in [1.807, 2.05) is 0 Å². The number of rotatable bonds is 6. The highest BCUT2D eigenvalue weighted by Gasteiger charge is 2.29. The number of nitrogens with two attached hydrogens (primary N) is 1. The van der Waals surface area contributed by atoms with Gasteiger partial charge in [0.2, 0.25) is 10.0 Å². The van der Waals surface area contributed by atoms with Crippen LogP contribution in [0.15, 0.2) is 0 Å². The zero-order valence-electron chi connectivity index (χ0n) is 10.8. The summed E-state index contributed by atoms with van der Waals surface area (Å²) in [4.78, 5) is 11.1. The minimum atomic E-state index is -3.65. The fourth-order valence-electron chi connectivity index (χ4n) is 2.10. The minimum absolute atomic E-state index is 0.176. The van der Waals surface area contributed by atoms with Crippen molar-refractivity contribution in [2.45, 2.75) is 44.6 Å². The van der Waals surface area contributed by atoms with Gasteiger partial charge in [0.15, 0.2) is 5.75 Å². The van der Waals surface area contributed by atoms with Gasteiger partial charge in [-0.05, 0) is 19.8 Å². The normalized spacial score (nSPS) is 19.4. The molecule has 0 bridgehead atoms. The Hall–Kier alpha value is -0.660. The second-order valence-electron chi connectivity index (χ2n) is 4.81. The average molecular weight is 278 g/mol. The van der Waals surface area contributed by atoms with Gasteiger partial charge in [-0.2, -0.15) is 0 Å². The maximum absolute atomic E-state index is 11.6. The van der Waals surface area contributed by atoms with Crippen LogP contribution in [-0.2, 0) is 19.6 Å². The monoisotopic (exact) mass is 278 g/mol. The second-order valence-corrected chi connectivity index (χ2v) is 6.62. The molecule has 0 amide bonds. The van der Waals surface area contributed by atoms with Crippen LogP contribution in [0.3, 0.4) is 0 Å². The highest BCUT2D eigenvalue weighted by Crippen LogP contribution is 2.25. The van der Waals surface area contributed by atoms with E-state index in [2.05, 4.69) is 9.46 Å². The minimum Gasteiger partial charge on any atom is -0.465 e. The van der Waals surface area contributed by atoms with Crippen LogP contribution in [0.1, 0.15) is 39.0 Å². The molecule has 106 valence electrons. The summed E-state index contributed by atoms with van der Waals surface area (Å²) in [6, 6.07) is 0. The Morgan fingerprint density at radius 3 is 2.50 bits per heavy atom. The first-order valence-electron chi connectivity index (χ1n) is 6.29. The summed E-state index contributed by atoms with van der Waals surface area (Å²) in [6.45, 7) is 2.00. The van der Waals surface area contributed by atoms with Crippen molar-refractivity contribution in [1.29, 1.82) is 0 Å². The van der Waals surface area contributed by atoms with E-state index in [1.54, 1.807) is 6.92 Å². The van der Waals surface area contributed by atoms with Crippen molar-refractivity contribution in [2.24, 2.45) is 5.73 Å². The van der Waals surface area contributed by atoms with Crippen LogP contribution < -0.4 is 10.5 Å². The Labute approximate surface area is 108 Å². The Balaban J connectivity index is 2.43. The van der Waals surface area contributed by atoms with Gasteiger partial charge in [-0.15, -0.1) is 0 Å². The molecule has 1 fully saturated rings. The summed E-state index contributed by atoms with van der Waals surface area (Å²) < 4.78 is 30.3. The molecule has 3 N–H and O–H groups in total. The number of hydrogen-bond donors (Lipinski definition) is 2. The van der Waals surface area contributed by atoms with Crippen LogP contribution >= 0.6 is 0 Å². The van der Waals surface area contributed by atoms with Crippen molar-refractivity contribution in [3.8, 4) is 0 Å². The first-order valence-corrected chi connectivity index (χ1v) is 7.94. The summed E-state index contributed by atoms with van der Waals surface area (Å²) in [5.74, 6) is -1.38. The van der Waals surface area contributed by atoms with Gasteiger partial charge in [0.1, 0.15) is 0 Å². The second kappa shape index (κ2) is 6.49. The van der Waals surface area contributed by atoms with Gasteiger partial charge >= 0.3 is 5.97 Å². The van der Waals surface area contributed by atoms with E-state index in [0.29, 0.717) is 0 Å². The van der Waals surface area contributed by atoms with Gasteiger partial charge in [0, 0.05) is 12.1 Å². The molecule has 0 aromatic rings. The molecule has 0 radical (unpaired) electrons. The largest absolute Gasteiger partial charge is 0.465 e. The first-order chi connectivity index (χ1) is 8.37. The lowest BCUT2D eigenvalue weighted by Crippen LogP contribution is -2.51. The molecular weight excluding hydrogens is 256 g/mol. The summed E-state index contributed by atoms with van der Waals surface area (Å²) in [7, 11) is -3.65. The summed E-state index contributed by atoms with van der Waals surface area (Å²) in [6.07, 6.45) is 4.82. The topological polar surface area (TPSA) is 98.5 Å². The first kappa shape index (κ1) is 15.4. The van der Waals surface area contributed by atoms with Crippen molar-refractivity contribution in [3.63, 3.8) is 0 Å². The number of esters is 1. The molecule has 1 aliphatic rings. The zero-order valence-corrected chi connectivity index (χ0v) is 11.6. The SMILES string of the molecule is CCOC(=O)CS(=O)(=O)NCC1(N)CCCCC1. The zero-order chi connectivity index (χ0) is 13.6. The van der Waals surface area contributed by atoms with Crippen molar-refractivity contribution < 1.29 is 17.9 Å².